The zero-order valence-electron chi connectivity index (χ0n) is 14.5. The molecule has 2 bridgehead atoms. The smallest absolute Gasteiger partial charge is 0.123 e. The summed E-state index contributed by atoms with van der Waals surface area (Å²) in [5.74, 6) is 0.0397. The minimum atomic E-state index is -0.237. The number of nitrogens with zero attached hydrogens (tertiary/aromatic N) is 1. The highest BCUT2D eigenvalue weighted by Gasteiger charge is 2.37. The van der Waals surface area contributed by atoms with Gasteiger partial charge in [-0.3, -0.25) is 0 Å². The van der Waals surface area contributed by atoms with Crippen LogP contribution in [0.15, 0.2) is 54.6 Å². The predicted octanol–water partition coefficient (Wildman–Crippen LogP) is 5.27. The van der Waals surface area contributed by atoms with Gasteiger partial charge in [-0.25, -0.2) is 8.78 Å². The van der Waals surface area contributed by atoms with Crippen LogP contribution in [0.1, 0.15) is 36.8 Å². The Kier molecular flexibility index (Phi) is 4.43. The number of piperidine rings is 1. The molecule has 0 radical (unpaired) electrons. The lowest BCUT2D eigenvalue weighted by atomic mass is 9.86. The van der Waals surface area contributed by atoms with E-state index in [4.69, 9.17) is 0 Å². The molecule has 4 rings (SSSR count). The minimum absolute atomic E-state index is 0.237. The molecule has 0 spiro atoms. The zero-order valence-corrected chi connectivity index (χ0v) is 14.5. The van der Waals surface area contributed by atoms with E-state index < -0.39 is 0 Å². The monoisotopic (exact) mass is 339 g/mol. The lowest BCUT2D eigenvalue weighted by molar-refractivity contribution is 0.152. The van der Waals surface area contributed by atoms with Crippen molar-refractivity contribution in [3.63, 3.8) is 0 Å². The van der Waals surface area contributed by atoms with Gasteiger partial charge in [0.25, 0.3) is 0 Å². The van der Waals surface area contributed by atoms with Gasteiger partial charge in [0.15, 0.2) is 0 Å². The highest BCUT2D eigenvalue weighted by Crippen LogP contribution is 2.39. The number of halogens is 2. The molecule has 0 amide bonds. The third-order valence-electron chi connectivity index (χ3n) is 5.85. The number of benzene rings is 2. The second kappa shape index (κ2) is 6.72. The Labute approximate surface area is 148 Å². The summed E-state index contributed by atoms with van der Waals surface area (Å²) in [5.41, 5.74) is 3.05. The molecule has 2 aliphatic rings. The Morgan fingerprint density at radius 1 is 0.840 bits per heavy atom. The van der Waals surface area contributed by atoms with Crippen molar-refractivity contribution in [1.82, 2.24) is 4.90 Å². The summed E-state index contributed by atoms with van der Waals surface area (Å²) in [6, 6.07) is 14.6. The van der Waals surface area contributed by atoms with Gasteiger partial charge in [-0.2, -0.15) is 0 Å². The van der Waals surface area contributed by atoms with Gasteiger partial charge in [0.2, 0.25) is 0 Å². The first-order valence-corrected chi connectivity index (χ1v) is 9.06. The van der Waals surface area contributed by atoms with Gasteiger partial charge in [-0.05, 0) is 79.6 Å². The van der Waals surface area contributed by atoms with E-state index in [0.29, 0.717) is 18.0 Å². The second-order valence-corrected chi connectivity index (χ2v) is 7.38. The standard InChI is InChI=1S/C22H23F2N/c1-25-20-10-11-21(25)13-15(12-20)14-22(16-2-6-18(23)7-3-16)17-4-8-19(24)9-5-17/h2-9,14-15,20-21H,10-13H2,1H3. The van der Waals surface area contributed by atoms with Crippen LogP contribution in [0.4, 0.5) is 8.78 Å². The fraction of sp³-hybridized carbons (Fsp3) is 0.364. The Hall–Kier alpha value is -2.00. The summed E-state index contributed by atoms with van der Waals surface area (Å²) >= 11 is 0. The number of rotatable bonds is 3. The van der Waals surface area contributed by atoms with Crippen molar-refractivity contribution in [3.05, 3.63) is 77.4 Å². The van der Waals surface area contributed by atoms with Gasteiger partial charge in [-0.15, -0.1) is 0 Å². The molecule has 2 fully saturated rings. The summed E-state index contributed by atoms with van der Waals surface area (Å²) in [6.45, 7) is 0. The normalized spacial score (nSPS) is 25.8. The molecule has 1 nitrogen and oxygen atoms in total. The highest BCUT2D eigenvalue weighted by atomic mass is 19.1. The van der Waals surface area contributed by atoms with Gasteiger partial charge in [0, 0.05) is 12.1 Å². The van der Waals surface area contributed by atoms with Crippen LogP contribution in [-0.2, 0) is 0 Å². The first-order valence-electron chi connectivity index (χ1n) is 9.06. The van der Waals surface area contributed by atoms with Crippen LogP contribution in [0.3, 0.4) is 0 Å². The summed E-state index contributed by atoms with van der Waals surface area (Å²) in [5, 5.41) is 0. The van der Waals surface area contributed by atoms with E-state index in [9.17, 15) is 8.78 Å². The zero-order chi connectivity index (χ0) is 17.4. The molecule has 2 unspecified atom stereocenters. The van der Waals surface area contributed by atoms with Gasteiger partial charge >= 0.3 is 0 Å². The molecule has 2 aliphatic heterocycles. The molecule has 2 saturated heterocycles. The highest BCUT2D eigenvalue weighted by molar-refractivity contribution is 5.79. The maximum atomic E-state index is 13.3. The van der Waals surface area contributed by atoms with Crippen molar-refractivity contribution in [2.75, 3.05) is 7.05 Å². The van der Waals surface area contributed by atoms with E-state index in [1.165, 1.54) is 49.9 Å². The topological polar surface area (TPSA) is 3.24 Å². The Bertz CT molecular complexity index is 702. The van der Waals surface area contributed by atoms with Crippen molar-refractivity contribution >= 4 is 5.57 Å². The molecule has 2 aromatic carbocycles. The van der Waals surface area contributed by atoms with E-state index in [1.54, 1.807) is 0 Å². The molecule has 2 heterocycles. The number of hydrogen-bond donors (Lipinski definition) is 0. The molecule has 2 aromatic rings. The van der Waals surface area contributed by atoms with Crippen LogP contribution in [-0.4, -0.2) is 24.0 Å². The Morgan fingerprint density at radius 2 is 1.28 bits per heavy atom. The number of fused-ring (bicyclic) bond motifs is 2. The predicted molar refractivity (Wildman–Crippen MR) is 97.2 cm³/mol. The fourth-order valence-corrected chi connectivity index (χ4v) is 4.44. The fourth-order valence-electron chi connectivity index (χ4n) is 4.44. The van der Waals surface area contributed by atoms with Gasteiger partial charge in [-0.1, -0.05) is 30.3 Å². The molecule has 0 saturated carbocycles. The molecule has 25 heavy (non-hydrogen) atoms. The third-order valence-corrected chi connectivity index (χ3v) is 5.85. The van der Waals surface area contributed by atoms with Gasteiger partial charge in [0.1, 0.15) is 11.6 Å². The molecular formula is C22H23F2N. The average molecular weight is 339 g/mol. The maximum Gasteiger partial charge on any atom is 0.123 e. The van der Waals surface area contributed by atoms with Crippen molar-refractivity contribution in [2.24, 2.45) is 5.92 Å². The molecule has 2 atom stereocenters. The maximum absolute atomic E-state index is 13.3. The second-order valence-electron chi connectivity index (χ2n) is 7.38. The summed E-state index contributed by atoms with van der Waals surface area (Å²) < 4.78 is 26.7. The number of allylic oxidation sites excluding steroid dienone is 1. The molecule has 130 valence electrons. The SMILES string of the molecule is CN1C2CCC1CC(C=C(c1ccc(F)cc1)c1ccc(F)cc1)C2. The van der Waals surface area contributed by atoms with Crippen LogP contribution < -0.4 is 0 Å². The lowest BCUT2D eigenvalue weighted by Crippen LogP contribution is -2.39. The quantitative estimate of drug-likeness (QED) is 0.736. The van der Waals surface area contributed by atoms with Gasteiger partial charge < -0.3 is 4.90 Å². The Balaban J connectivity index is 1.70. The first-order chi connectivity index (χ1) is 12.1. The summed E-state index contributed by atoms with van der Waals surface area (Å²) in [4.78, 5) is 2.53. The molecule has 3 heteroatoms. The van der Waals surface area contributed by atoms with Crippen molar-refractivity contribution < 1.29 is 8.78 Å². The van der Waals surface area contributed by atoms with E-state index in [2.05, 4.69) is 18.0 Å². The van der Waals surface area contributed by atoms with E-state index in [1.807, 2.05) is 24.3 Å². The molecule has 0 aromatic heterocycles. The number of hydrogen-bond acceptors (Lipinski definition) is 1. The van der Waals surface area contributed by atoms with Crippen molar-refractivity contribution in [3.8, 4) is 0 Å². The van der Waals surface area contributed by atoms with Crippen LogP contribution in [0, 0.1) is 17.6 Å². The third kappa shape index (κ3) is 3.38. The van der Waals surface area contributed by atoms with Crippen LogP contribution in [0.5, 0.6) is 0 Å². The van der Waals surface area contributed by atoms with E-state index in [-0.39, 0.29) is 11.6 Å². The first kappa shape index (κ1) is 16.5. The van der Waals surface area contributed by atoms with Gasteiger partial charge in [0.05, 0.1) is 0 Å². The molecular weight excluding hydrogens is 316 g/mol. The minimum Gasteiger partial charge on any atom is -0.300 e. The van der Waals surface area contributed by atoms with E-state index in [0.717, 1.165) is 16.7 Å². The van der Waals surface area contributed by atoms with Crippen LogP contribution in [0.25, 0.3) is 5.57 Å². The summed E-state index contributed by atoms with van der Waals surface area (Å²) in [7, 11) is 2.24. The van der Waals surface area contributed by atoms with Crippen molar-refractivity contribution in [1.29, 1.82) is 0 Å². The lowest BCUT2D eigenvalue weighted by Gasteiger charge is -2.35. The molecule has 0 N–H and O–H groups in total. The summed E-state index contributed by atoms with van der Waals surface area (Å²) in [6.07, 6.45) is 7.23. The molecule has 0 aliphatic carbocycles. The van der Waals surface area contributed by atoms with Crippen LogP contribution >= 0.6 is 0 Å². The Morgan fingerprint density at radius 3 is 1.72 bits per heavy atom. The average Bonchev–Trinajstić information content (AvgIpc) is 2.83. The van der Waals surface area contributed by atoms with Crippen molar-refractivity contribution in [2.45, 2.75) is 37.8 Å². The largest absolute Gasteiger partial charge is 0.300 e. The van der Waals surface area contributed by atoms with E-state index >= 15 is 0 Å². The van der Waals surface area contributed by atoms with Crippen LogP contribution in [0.2, 0.25) is 0 Å².